The van der Waals surface area contributed by atoms with Crippen molar-refractivity contribution in [3.05, 3.63) is 34.3 Å². The molecule has 0 bridgehead atoms. The Labute approximate surface area is 80.5 Å². The van der Waals surface area contributed by atoms with E-state index in [0.717, 1.165) is 5.56 Å². The zero-order valence-electron chi connectivity index (χ0n) is 7.10. The molecule has 0 unspecified atom stereocenters. The van der Waals surface area contributed by atoms with Gasteiger partial charge in [0, 0.05) is 5.02 Å². The first-order chi connectivity index (χ1) is 6.02. The minimum Gasteiger partial charge on any atom is -0.319 e. The van der Waals surface area contributed by atoms with Gasteiger partial charge in [-0.2, -0.15) is 0 Å². The number of alkyl halides is 2. The second-order valence-corrected chi connectivity index (χ2v) is 3.28. The average Bonchev–Trinajstić information content (AvgIpc) is 2.08. The number of hydrogen-bond acceptors (Lipinski definition) is 1. The Morgan fingerprint density at radius 3 is 2.46 bits per heavy atom. The van der Waals surface area contributed by atoms with E-state index in [1.54, 1.807) is 19.1 Å². The standard InChI is InChI=1S/C9H10ClF2N/c1-5-2-3-6(4-7(5)10)8(13)9(11)12/h2-4,8-9H,13H2,1H3/t8-/m1/s1. The molecule has 0 aromatic heterocycles. The Morgan fingerprint density at radius 1 is 1.38 bits per heavy atom. The highest BCUT2D eigenvalue weighted by Crippen LogP contribution is 2.23. The largest absolute Gasteiger partial charge is 0.319 e. The van der Waals surface area contributed by atoms with Crippen molar-refractivity contribution in [2.75, 3.05) is 0 Å². The summed E-state index contributed by atoms with van der Waals surface area (Å²) in [7, 11) is 0. The molecular formula is C9H10ClF2N. The van der Waals surface area contributed by atoms with Gasteiger partial charge in [0.2, 0.25) is 0 Å². The molecule has 0 aliphatic heterocycles. The second kappa shape index (κ2) is 4.03. The summed E-state index contributed by atoms with van der Waals surface area (Å²) >= 11 is 5.76. The van der Waals surface area contributed by atoms with Crippen molar-refractivity contribution in [3.8, 4) is 0 Å². The van der Waals surface area contributed by atoms with Crippen LogP contribution in [0.15, 0.2) is 18.2 Å². The number of hydrogen-bond donors (Lipinski definition) is 1. The summed E-state index contributed by atoms with van der Waals surface area (Å²) in [5.41, 5.74) is 6.47. The summed E-state index contributed by atoms with van der Waals surface area (Å²) in [6, 6.07) is 3.48. The van der Waals surface area contributed by atoms with Gasteiger partial charge in [0.15, 0.2) is 0 Å². The molecule has 72 valence electrons. The predicted octanol–water partition coefficient (Wildman–Crippen LogP) is 2.91. The summed E-state index contributed by atoms with van der Waals surface area (Å²) in [4.78, 5) is 0. The van der Waals surface area contributed by atoms with E-state index in [-0.39, 0.29) is 0 Å². The fraction of sp³-hybridized carbons (Fsp3) is 0.333. The van der Waals surface area contributed by atoms with Crippen molar-refractivity contribution < 1.29 is 8.78 Å². The van der Waals surface area contributed by atoms with Crippen LogP contribution in [0.3, 0.4) is 0 Å². The molecule has 0 saturated heterocycles. The first-order valence-electron chi connectivity index (χ1n) is 3.82. The molecule has 13 heavy (non-hydrogen) atoms. The van der Waals surface area contributed by atoms with E-state index in [0.29, 0.717) is 10.6 Å². The van der Waals surface area contributed by atoms with Crippen LogP contribution >= 0.6 is 11.6 Å². The van der Waals surface area contributed by atoms with E-state index in [2.05, 4.69) is 0 Å². The van der Waals surface area contributed by atoms with Gasteiger partial charge in [-0.3, -0.25) is 0 Å². The van der Waals surface area contributed by atoms with Crippen LogP contribution in [-0.2, 0) is 0 Å². The summed E-state index contributed by atoms with van der Waals surface area (Å²) in [5, 5.41) is 0.466. The fourth-order valence-corrected chi connectivity index (χ4v) is 1.15. The maximum Gasteiger partial charge on any atom is 0.257 e. The lowest BCUT2D eigenvalue weighted by molar-refractivity contribution is 0.116. The molecule has 1 aromatic carbocycles. The van der Waals surface area contributed by atoms with Gasteiger partial charge in [-0.15, -0.1) is 0 Å². The van der Waals surface area contributed by atoms with E-state index < -0.39 is 12.5 Å². The van der Waals surface area contributed by atoms with Crippen LogP contribution in [0.5, 0.6) is 0 Å². The van der Waals surface area contributed by atoms with Gasteiger partial charge >= 0.3 is 0 Å². The normalized spacial score (nSPS) is 13.4. The minimum absolute atomic E-state index is 0.366. The number of aryl methyl sites for hydroxylation is 1. The van der Waals surface area contributed by atoms with Crippen molar-refractivity contribution in [2.45, 2.75) is 19.4 Å². The average molecular weight is 206 g/mol. The molecule has 0 amide bonds. The third kappa shape index (κ3) is 2.39. The Bertz CT molecular complexity index is 302. The SMILES string of the molecule is Cc1ccc([C@@H](N)C(F)F)cc1Cl. The van der Waals surface area contributed by atoms with Crippen molar-refractivity contribution in [3.63, 3.8) is 0 Å². The molecule has 1 rings (SSSR count). The highest BCUT2D eigenvalue weighted by molar-refractivity contribution is 6.31. The van der Waals surface area contributed by atoms with E-state index in [9.17, 15) is 8.78 Å². The molecule has 0 fully saturated rings. The molecule has 0 heterocycles. The van der Waals surface area contributed by atoms with Crippen molar-refractivity contribution in [2.24, 2.45) is 5.73 Å². The van der Waals surface area contributed by atoms with Crippen molar-refractivity contribution >= 4 is 11.6 Å². The molecule has 0 radical (unpaired) electrons. The number of benzene rings is 1. The van der Waals surface area contributed by atoms with Crippen molar-refractivity contribution in [1.29, 1.82) is 0 Å². The maximum absolute atomic E-state index is 12.2. The van der Waals surface area contributed by atoms with Gasteiger partial charge < -0.3 is 5.73 Å². The molecule has 1 nitrogen and oxygen atoms in total. The third-order valence-corrected chi connectivity index (χ3v) is 2.26. The van der Waals surface area contributed by atoms with E-state index in [1.807, 2.05) is 0 Å². The second-order valence-electron chi connectivity index (χ2n) is 2.87. The summed E-state index contributed by atoms with van der Waals surface area (Å²) in [5.74, 6) is 0. The van der Waals surface area contributed by atoms with Crippen molar-refractivity contribution in [1.82, 2.24) is 0 Å². The Kier molecular flexibility index (Phi) is 3.22. The highest BCUT2D eigenvalue weighted by Gasteiger charge is 2.17. The third-order valence-electron chi connectivity index (χ3n) is 1.85. The summed E-state index contributed by atoms with van der Waals surface area (Å²) in [6.07, 6.45) is -2.56. The lowest BCUT2D eigenvalue weighted by Gasteiger charge is -2.11. The van der Waals surface area contributed by atoms with Crippen LogP contribution < -0.4 is 5.73 Å². The Balaban J connectivity index is 2.97. The minimum atomic E-state index is -2.56. The monoisotopic (exact) mass is 205 g/mol. The first kappa shape index (κ1) is 10.4. The molecule has 0 saturated carbocycles. The van der Waals surface area contributed by atoms with E-state index in [1.165, 1.54) is 6.07 Å². The highest BCUT2D eigenvalue weighted by atomic mass is 35.5. The smallest absolute Gasteiger partial charge is 0.257 e. The van der Waals surface area contributed by atoms with E-state index >= 15 is 0 Å². The molecule has 1 aromatic rings. The molecule has 0 aliphatic rings. The van der Waals surface area contributed by atoms with Crippen LogP contribution in [0.2, 0.25) is 5.02 Å². The topological polar surface area (TPSA) is 26.0 Å². The summed E-state index contributed by atoms with van der Waals surface area (Å²) in [6.45, 7) is 1.81. The Hall–Kier alpha value is -0.670. The van der Waals surface area contributed by atoms with Gasteiger partial charge in [-0.05, 0) is 24.1 Å². The zero-order chi connectivity index (χ0) is 10.0. The van der Waals surface area contributed by atoms with E-state index in [4.69, 9.17) is 17.3 Å². The van der Waals surface area contributed by atoms with Gasteiger partial charge in [0.05, 0.1) is 6.04 Å². The number of halogens is 3. The van der Waals surface area contributed by atoms with Gasteiger partial charge in [-0.1, -0.05) is 23.7 Å². The van der Waals surface area contributed by atoms with Crippen LogP contribution in [0.25, 0.3) is 0 Å². The van der Waals surface area contributed by atoms with Crippen LogP contribution in [0, 0.1) is 6.92 Å². The molecule has 2 N–H and O–H groups in total. The lowest BCUT2D eigenvalue weighted by Crippen LogP contribution is -2.18. The fourth-order valence-electron chi connectivity index (χ4n) is 0.962. The zero-order valence-corrected chi connectivity index (χ0v) is 7.85. The molecule has 4 heteroatoms. The predicted molar refractivity (Wildman–Crippen MR) is 49.1 cm³/mol. The number of nitrogens with two attached hydrogens (primary N) is 1. The van der Waals surface area contributed by atoms with Gasteiger partial charge in [0.25, 0.3) is 6.43 Å². The van der Waals surface area contributed by atoms with Crippen LogP contribution in [-0.4, -0.2) is 6.43 Å². The molecule has 0 spiro atoms. The van der Waals surface area contributed by atoms with Gasteiger partial charge in [0.1, 0.15) is 0 Å². The molecular weight excluding hydrogens is 196 g/mol. The molecule has 0 aliphatic carbocycles. The quantitative estimate of drug-likeness (QED) is 0.790. The van der Waals surface area contributed by atoms with Gasteiger partial charge in [-0.25, -0.2) is 8.78 Å². The van der Waals surface area contributed by atoms with Crippen LogP contribution in [0.1, 0.15) is 17.2 Å². The molecule has 1 atom stereocenters. The first-order valence-corrected chi connectivity index (χ1v) is 4.20. The number of rotatable bonds is 2. The Morgan fingerprint density at radius 2 is 2.00 bits per heavy atom. The lowest BCUT2D eigenvalue weighted by atomic mass is 10.1. The van der Waals surface area contributed by atoms with Crippen LogP contribution in [0.4, 0.5) is 8.78 Å². The maximum atomic E-state index is 12.2. The summed E-state index contributed by atoms with van der Waals surface area (Å²) < 4.78 is 24.4.